The van der Waals surface area contributed by atoms with Gasteiger partial charge in [0.15, 0.2) is 0 Å². The van der Waals surface area contributed by atoms with Crippen LogP contribution in [-0.2, 0) is 4.79 Å². The Morgan fingerprint density at radius 3 is 2.64 bits per heavy atom. The summed E-state index contributed by atoms with van der Waals surface area (Å²) < 4.78 is 13.0. The Labute approximate surface area is 84.3 Å². The lowest BCUT2D eigenvalue weighted by molar-refractivity contribution is -0.138. The molecule has 14 heavy (non-hydrogen) atoms. The second-order valence-electron chi connectivity index (χ2n) is 2.71. The Hall–Kier alpha value is -1.33. The second kappa shape index (κ2) is 3.81. The zero-order valence-corrected chi connectivity index (χ0v) is 7.75. The molecule has 0 fully saturated rings. The summed E-state index contributed by atoms with van der Waals surface area (Å²) in [4.78, 5) is 10.5. The van der Waals surface area contributed by atoms with Crippen LogP contribution in [0.1, 0.15) is 11.6 Å². The van der Waals surface area contributed by atoms with E-state index < -0.39 is 17.8 Å². The molecule has 1 aromatic carbocycles. The van der Waals surface area contributed by atoms with Crippen molar-refractivity contribution in [2.75, 3.05) is 5.73 Å². The molecule has 0 spiro atoms. The van der Waals surface area contributed by atoms with Gasteiger partial charge in [-0.2, -0.15) is 0 Å². The number of aliphatic carboxylic acids is 1. The molecule has 0 aromatic heterocycles. The van der Waals surface area contributed by atoms with Crippen LogP contribution in [-0.4, -0.2) is 11.1 Å². The lowest BCUT2D eigenvalue weighted by atomic mass is 10.1. The molecule has 1 atom stereocenters. The molecule has 4 nitrogen and oxygen atoms in total. The molecule has 1 aromatic rings. The number of carboxylic acids is 1. The number of nitrogen functional groups attached to an aromatic ring is 1. The summed E-state index contributed by atoms with van der Waals surface area (Å²) in [6, 6.07) is 0.858. The third-order valence-corrected chi connectivity index (χ3v) is 1.95. The van der Waals surface area contributed by atoms with E-state index in [4.69, 9.17) is 28.2 Å². The van der Waals surface area contributed by atoms with Gasteiger partial charge in [0.05, 0.1) is 5.69 Å². The highest BCUT2D eigenvalue weighted by atomic mass is 35.5. The standard InChI is InChI=1S/C8H8ClFN2O2/c9-3-1-4(7(12)8(13)14)6(11)5(10)2-3/h1-2,7H,11-12H2,(H,13,14). The van der Waals surface area contributed by atoms with Crippen molar-refractivity contribution in [2.45, 2.75) is 6.04 Å². The van der Waals surface area contributed by atoms with Crippen molar-refractivity contribution >= 4 is 23.3 Å². The molecule has 0 saturated carbocycles. The minimum atomic E-state index is -1.37. The molecule has 0 radical (unpaired) electrons. The van der Waals surface area contributed by atoms with Gasteiger partial charge in [-0.25, -0.2) is 4.39 Å². The van der Waals surface area contributed by atoms with Crippen molar-refractivity contribution in [3.05, 3.63) is 28.5 Å². The summed E-state index contributed by atoms with van der Waals surface area (Å²) in [6.07, 6.45) is 0. The number of nitrogens with two attached hydrogens (primary N) is 2. The van der Waals surface area contributed by atoms with Gasteiger partial charge >= 0.3 is 5.97 Å². The zero-order valence-electron chi connectivity index (χ0n) is 7.00. The Bertz CT molecular complexity index is 384. The van der Waals surface area contributed by atoms with E-state index in [9.17, 15) is 9.18 Å². The zero-order chi connectivity index (χ0) is 10.9. The molecule has 6 heteroatoms. The second-order valence-corrected chi connectivity index (χ2v) is 3.14. The average molecular weight is 219 g/mol. The summed E-state index contributed by atoms with van der Waals surface area (Å²) in [5, 5.41) is 8.65. The van der Waals surface area contributed by atoms with Gasteiger partial charge in [0.25, 0.3) is 0 Å². The van der Waals surface area contributed by atoms with Crippen LogP contribution in [0.2, 0.25) is 5.02 Å². The number of rotatable bonds is 2. The van der Waals surface area contributed by atoms with E-state index in [0.717, 1.165) is 6.07 Å². The third-order valence-electron chi connectivity index (χ3n) is 1.73. The number of anilines is 1. The first-order chi connectivity index (χ1) is 6.43. The highest BCUT2D eigenvalue weighted by Gasteiger charge is 2.19. The first-order valence-electron chi connectivity index (χ1n) is 3.66. The molecule has 0 aliphatic heterocycles. The van der Waals surface area contributed by atoms with E-state index >= 15 is 0 Å². The molecule has 1 rings (SSSR count). The highest BCUT2D eigenvalue weighted by Crippen LogP contribution is 2.26. The summed E-state index contributed by atoms with van der Waals surface area (Å²) >= 11 is 5.53. The van der Waals surface area contributed by atoms with Crippen molar-refractivity contribution in [1.82, 2.24) is 0 Å². The Morgan fingerprint density at radius 1 is 1.57 bits per heavy atom. The third kappa shape index (κ3) is 1.94. The molecule has 0 aliphatic rings. The van der Waals surface area contributed by atoms with Gasteiger partial charge in [0.1, 0.15) is 11.9 Å². The molecular weight excluding hydrogens is 211 g/mol. The Balaban J connectivity index is 3.26. The first-order valence-corrected chi connectivity index (χ1v) is 4.04. The normalized spacial score (nSPS) is 12.5. The van der Waals surface area contributed by atoms with Gasteiger partial charge < -0.3 is 16.6 Å². The highest BCUT2D eigenvalue weighted by molar-refractivity contribution is 6.30. The van der Waals surface area contributed by atoms with Crippen LogP contribution in [0.3, 0.4) is 0 Å². The number of carbonyl (C=O) groups is 1. The van der Waals surface area contributed by atoms with Gasteiger partial charge in [-0.3, -0.25) is 4.79 Å². The number of hydrogen-bond donors (Lipinski definition) is 3. The fraction of sp³-hybridized carbons (Fsp3) is 0.125. The molecule has 0 saturated heterocycles. The van der Waals surface area contributed by atoms with Gasteiger partial charge in [0, 0.05) is 10.6 Å². The Kier molecular flexibility index (Phi) is 2.93. The van der Waals surface area contributed by atoms with E-state index in [2.05, 4.69) is 0 Å². The molecule has 0 heterocycles. The lowest BCUT2D eigenvalue weighted by Crippen LogP contribution is -2.22. The molecule has 0 aliphatic carbocycles. The largest absolute Gasteiger partial charge is 0.480 e. The SMILES string of the molecule is Nc1c(F)cc(Cl)cc1C(N)C(=O)O. The number of benzene rings is 1. The summed E-state index contributed by atoms with van der Waals surface area (Å²) in [5.41, 5.74) is 10.3. The van der Waals surface area contributed by atoms with E-state index in [1.54, 1.807) is 0 Å². The van der Waals surface area contributed by atoms with Gasteiger partial charge in [-0.1, -0.05) is 11.6 Å². The number of carboxylic acid groups (broad SMARTS) is 1. The monoisotopic (exact) mass is 218 g/mol. The fourth-order valence-corrected chi connectivity index (χ4v) is 1.21. The van der Waals surface area contributed by atoms with Crippen LogP contribution in [0.5, 0.6) is 0 Å². The van der Waals surface area contributed by atoms with Gasteiger partial charge in [-0.15, -0.1) is 0 Å². The smallest absolute Gasteiger partial charge is 0.325 e. The average Bonchev–Trinajstić information content (AvgIpc) is 2.09. The van der Waals surface area contributed by atoms with Crippen LogP contribution in [0.15, 0.2) is 12.1 Å². The summed E-state index contributed by atoms with van der Waals surface area (Å²) in [7, 11) is 0. The van der Waals surface area contributed by atoms with E-state index in [1.165, 1.54) is 6.07 Å². The van der Waals surface area contributed by atoms with Crippen LogP contribution < -0.4 is 11.5 Å². The minimum absolute atomic E-state index is 0.0255. The van der Waals surface area contributed by atoms with Crippen molar-refractivity contribution in [2.24, 2.45) is 5.73 Å². The maximum Gasteiger partial charge on any atom is 0.325 e. The van der Waals surface area contributed by atoms with Crippen molar-refractivity contribution in [3.8, 4) is 0 Å². The van der Waals surface area contributed by atoms with Gasteiger partial charge in [-0.05, 0) is 12.1 Å². The molecule has 0 bridgehead atoms. The Morgan fingerprint density at radius 2 is 2.14 bits per heavy atom. The quantitative estimate of drug-likeness (QED) is 0.650. The van der Waals surface area contributed by atoms with Crippen molar-refractivity contribution in [3.63, 3.8) is 0 Å². The maximum atomic E-state index is 13.0. The van der Waals surface area contributed by atoms with Crippen LogP contribution in [0.25, 0.3) is 0 Å². The van der Waals surface area contributed by atoms with Crippen molar-refractivity contribution in [1.29, 1.82) is 0 Å². The van der Waals surface area contributed by atoms with E-state index in [-0.39, 0.29) is 16.3 Å². The maximum absolute atomic E-state index is 13.0. The number of halogens is 2. The molecule has 0 amide bonds. The van der Waals surface area contributed by atoms with Crippen LogP contribution in [0, 0.1) is 5.82 Å². The molecule has 76 valence electrons. The molecule has 1 unspecified atom stereocenters. The predicted molar refractivity (Wildman–Crippen MR) is 50.4 cm³/mol. The number of hydrogen-bond acceptors (Lipinski definition) is 3. The van der Waals surface area contributed by atoms with Gasteiger partial charge in [0.2, 0.25) is 0 Å². The topological polar surface area (TPSA) is 89.3 Å². The minimum Gasteiger partial charge on any atom is -0.480 e. The van der Waals surface area contributed by atoms with E-state index in [1.807, 2.05) is 0 Å². The summed E-state index contributed by atoms with van der Waals surface area (Å²) in [5.74, 6) is -2.07. The molecular formula is C8H8ClFN2O2. The van der Waals surface area contributed by atoms with E-state index in [0.29, 0.717) is 0 Å². The summed E-state index contributed by atoms with van der Waals surface area (Å²) in [6.45, 7) is 0. The molecule has 5 N–H and O–H groups in total. The fourth-order valence-electron chi connectivity index (χ4n) is 0.995. The first kappa shape index (κ1) is 10.7. The van der Waals surface area contributed by atoms with Crippen molar-refractivity contribution < 1.29 is 14.3 Å². The van der Waals surface area contributed by atoms with Crippen LogP contribution in [0.4, 0.5) is 10.1 Å². The predicted octanol–water partition coefficient (Wildman–Crippen LogP) is 1.15. The lowest BCUT2D eigenvalue weighted by Gasteiger charge is -2.10. The van der Waals surface area contributed by atoms with Crippen LogP contribution >= 0.6 is 11.6 Å².